The molecule has 0 unspecified atom stereocenters. The zero-order valence-corrected chi connectivity index (χ0v) is 29.2. The van der Waals surface area contributed by atoms with Gasteiger partial charge in [0.25, 0.3) is 0 Å². The normalized spacial score (nSPS) is 11.5. The van der Waals surface area contributed by atoms with Crippen molar-refractivity contribution >= 4 is 70.1 Å². The summed E-state index contributed by atoms with van der Waals surface area (Å²) in [6.45, 7) is 0. The van der Waals surface area contributed by atoms with E-state index >= 15 is 0 Å². The first-order valence-electron chi connectivity index (χ1n) is 17.8. The van der Waals surface area contributed by atoms with Crippen molar-refractivity contribution in [2.24, 2.45) is 0 Å². The van der Waals surface area contributed by atoms with Gasteiger partial charge in [-0.1, -0.05) is 140 Å². The van der Waals surface area contributed by atoms with Crippen molar-refractivity contribution in [1.82, 2.24) is 0 Å². The standard InChI is InChI=1S/C50H33NS/c1-2-12-36(13-3-1)45-32-39-15-6-7-16-40(39)33-46(45)37-25-29-43(30-26-37)51(47-18-10-20-49-50(47)44-17-8-9-19-48(44)52-49)42-27-23-35(24-28-42)41-22-21-34-11-4-5-14-38(34)31-41/h1-33H. The molecule has 0 fully saturated rings. The number of hydrogen-bond donors (Lipinski definition) is 0. The van der Waals surface area contributed by atoms with Crippen LogP contribution in [0, 0.1) is 0 Å². The molecular formula is C50H33NS. The van der Waals surface area contributed by atoms with Gasteiger partial charge in [-0.05, 0) is 116 Å². The summed E-state index contributed by atoms with van der Waals surface area (Å²) in [6.07, 6.45) is 0. The molecule has 1 aromatic heterocycles. The summed E-state index contributed by atoms with van der Waals surface area (Å²) in [7, 11) is 0. The summed E-state index contributed by atoms with van der Waals surface area (Å²) in [6, 6.07) is 73.0. The van der Waals surface area contributed by atoms with Gasteiger partial charge in [0.05, 0.1) is 5.69 Å². The van der Waals surface area contributed by atoms with E-state index in [1.54, 1.807) is 0 Å². The third-order valence-corrected chi connectivity index (χ3v) is 11.4. The van der Waals surface area contributed by atoms with Crippen molar-refractivity contribution in [3.05, 3.63) is 200 Å². The Kier molecular flexibility index (Phi) is 7.41. The summed E-state index contributed by atoms with van der Waals surface area (Å²) in [5, 5.41) is 7.57. The van der Waals surface area contributed by atoms with E-state index < -0.39 is 0 Å². The van der Waals surface area contributed by atoms with Crippen LogP contribution in [0.5, 0.6) is 0 Å². The van der Waals surface area contributed by atoms with Crippen molar-refractivity contribution in [2.75, 3.05) is 4.90 Å². The molecule has 244 valence electrons. The second kappa shape index (κ2) is 12.7. The van der Waals surface area contributed by atoms with E-state index in [4.69, 9.17) is 0 Å². The number of rotatable bonds is 6. The molecule has 0 aliphatic carbocycles. The summed E-state index contributed by atoms with van der Waals surface area (Å²) in [5.41, 5.74) is 10.7. The second-order valence-electron chi connectivity index (χ2n) is 13.4. The average Bonchev–Trinajstić information content (AvgIpc) is 3.61. The highest BCUT2D eigenvalue weighted by atomic mass is 32.1. The topological polar surface area (TPSA) is 3.24 Å². The average molecular weight is 680 g/mol. The zero-order valence-electron chi connectivity index (χ0n) is 28.4. The van der Waals surface area contributed by atoms with E-state index in [9.17, 15) is 0 Å². The maximum Gasteiger partial charge on any atom is 0.0554 e. The van der Waals surface area contributed by atoms with Crippen LogP contribution in [0.25, 0.3) is 75.1 Å². The van der Waals surface area contributed by atoms with Gasteiger partial charge in [-0.15, -0.1) is 11.3 Å². The fraction of sp³-hybridized carbons (Fsp3) is 0. The van der Waals surface area contributed by atoms with E-state index in [0.29, 0.717) is 0 Å². The molecule has 1 heterocycles. The molecule has 0 radical (unpaired) electrons. The predicted molar refractivity (Wildman–Crippen MR) is 225 cm³/mol. The minimum atomic E-state index is 1.12. The van der Waals surface area contributed by atoms with Gasteiger partial charge in [0.1, 0.15) is 0 Å². The van der Waals surface area contributed by atoms with Crippen molar-refractivity contribution in [3.8, 4) is 33.4 Å². The molecular weight excluding hydrogens is 647 g/mol. The van der Waals surface area contributed by atoms with Crippen LogP contribution in [0.4, 0.5) is 17.1 Å². The number of hydrogen-bond acceptors (Lipinski definition) is 2. The summed E-state index contributed by atoms with van der Waals surface area (Å²) >= 11 is 1.86. The number of benzene rings is 9. The molecule has 9 aromatic carbocycles. The number of thiophene rings is 1. The van der Waals surface area contributed by atoms with Crippen LogP contribution in [0.3, 0.4) is 0 Å². The Morgan fingerprint density at radius 2 is 0.846 bits per heavy atom. The lowest BCUT2D eigenvalue weighted by atomic mass is 9.91. The molecule has 0 aliphatic rings. The van der Waals surface area contributed by atoms with Crippen LogP contribution < -0.4 is 4.90 Å². The summed E-state index contributed by atoms with van der Waals surface area (Å²) in [5.74, 6) is 0. The van der Waals surface area contributed by atoms with Crippen LogP contribution in [0.1, 0.15) is 0 Å². The highest BCUT2D eigenvalue weighted by Crippen LogP contribution is 2.46. The van der Waals surface area contributed by atoms with Gasteiger partial charge in [-0.2, -0.15) is 0 Å². The molecule has 0 atom stereocenters. The minimum absolute atomic E-state index is 1.12. The zero-order chi connectivity index (χ0) is 34.4. The van der Waals surface area contributed by atoms with Gasteiger partial charge >= 0.3 is 0 Å². The van der Waals surface area contributed by atoms with Crippen molar-refractivity contribution in [3.63, 3.8) is 0 Å². The van der Waals surface area contributed by atoms with E-state index in [1.165, 1.54) is 80.8 Å². The summed E-state index contributed by atoms with van der Waals surface area (Å²) in [4.78, 5) is 2.42. The Bertz CT molecular complexity index is 2890. The third-order valence-electron chi connectivity index (χ3n) is 10.2. The monoisotopic (exact) mass is 679 g/mol. The second-order valence-corrected chi connectivity index (χ2v) is 14.4. The van der Waals surface area contributed by atoms with Gasteiger partial charge in [0.2, 0.25) is 0 Å². The molecule has 0 spiro atoms. The van der Waals surface area contributed by atoms with Crippen LogP contribution in [-0.2, 0) is 0 Å². The molecule has 0 bridgehead atoms. The Morgan fingerprint density at radius 1 is 0.327 bits per heavy atom. The molecule has 10 rings (SSSR count). The lowest BCUT2D eigenvalue weighted by Crippen LogP contribution is -2.10. The van der Waals surface area contributed by atoms with Gasteiger partial charge in [-0.3, -0.25) is 0 Å². The highest BCUT2D eigenvalue weighted by Gasteiger charge is 2.19. The van der Waals surface area contributed by atoms with Gasteiger partial charge in [0, 0.05) is 31.5 Å². The molecule has 10 aromatic rings. The van der Waals surface area contributed by atoms with Crippen LogP contribution in [0.2, 0.25) is 0 Å². The van der Waals surface area contributed by atoms with Gasteiger partial charge in [-0.25, -0.2) is 0 Å². The molecule has 2 heteroatoms. The van der Waals surface area contributed by atoms with Crippen molar-refractivity contribution in [2.45, 2.75) is 0 Å². The van der Waals surface area contributed by atoms with E-state index in [0.717, 1.165) is 11.4 Å². The van der Waals surface area contributed by atoms with Gasteiger partial charge in [0.15, 0.2) is 0 Å². The molecule has 1 nitrogen and oxygen atoms in total. The first kappa shape index (κ1) is 30.4. The highest BCUT2D eigenvalue weighted by molar-refractivity contribution is 7.26. The lowest BCUT2D eigenvalue weighted by Gasteiger charge is -2.27. The van der Waals surface area contributed by atoms with Crippen molar-refractivity contribution in [1.29, 1.82) is 0 Å². The molecule has 0 amide bonds. The number of anilines is 3. The maximum absolute atomic E-state index is 2.42. The first-order valence-corrected chi connectivity index (χ1v) is 18.6. The molecule has 0 N–H and O–H groups in total. The van der Waals surface area contributed by atoms with Crippen LogP contribution >= 0.6 is 11.3 Å². The fourth-order valence-electron chi connectivity index (χ4n) is 7.67. The lowest BCUT2D eigenvalue weighted by molar-refractivity contribution is 1.30. The molecule has 0 aliphatic heterocycles. The van der Waals surface area contributed by atoms with E-state index in [1.807, 2.05) is 11.3 Å². The van der Waals surface area contributed by atoms with E-state index in [2.05, 4.69) is 205 Å². The smallest absolute Gasteiger partial charge is 0.0554 e. The fourth-order valence-corrected chi connectivity index (χ4v) is 8.79. The van der Waals surface area contributed by atoms with Crippen LogP contribution in [-0.4, -0.2) is 0 Å². The Labute approximate surface area is 307 Å². The molecule has 52 heavy (non-hydrogen) atoms. The largest absolute Gasteiger partial charge is 0.310 e. The predicted octanol–water partition coefficient (Wildman–Crippen LogP) is 14.8. The van der Waals surface area contributed by atoms with Gasteiger partial charge < -0.3 is 4.90 Å². The Balaban J connectivity index is 1.12. The maximum atomic E-state index is 2.42. The number of nitrogens with zero attached hydrogens (tertiary/aromatic N) is 1. The molecule has 0 saturated heterocycles. The molecule has 0 saturated carbocycles. The first-order chi connectivity index (χ1) is 25.8. The van der Waals surface area contributed by atoms with Crippen molar-refractivity contribution < 1.29 is 0 Å². The quantitative estimate of drug-likeness (QED) is 0.169. The van der Waals surface area contributed by atoms with Crippen LogP contribution in [0.15, 0.2) is 200 Å². The van der Waals surface area contributed by atoms with E-state index in [-0.39, 0.29) is 0 Å². The number of fused-ring (bicyclic) bond motifs is 5. The SMILES string of the molecule is c1ccc(-c2cc3ccccc3cc2-c2ccc(N(c3ccc(-c4ccc5ccccc5c4)cc3)c3cccc4sc5ccccc5c34)cc2)cc1. The Morgan fingerprint density at radius 3 is 1.54 bits per heavy atom. The third kappa shape index (κ3) is 5.33. The Hall–Kier alpha value is -6.48. The minimum Gasteiger partial charge on any atom is -0.310 e. The summed E-state index contributed by atoms with van der Waals surface area (Å²) < 4.78 is 2.59.